The lowest BCUT2D eigenvalue weighted by Gasteiger charge is -1.80. The minimum Gasteiger partial charge on any atom is -0.330 e. The molecule has 6 heavy (non-hydrogen) atoms. The molecule has 0 aromatic rings. The van der Waals surface area contributed by atoms with Crippen LogP contribution < -0.4 is 5.73 Å². The van der Waals surface area contributed by atoms with Crippen LogP contribution in [-0.2, 0) is 0 Å². The average molecular weight is 108 g/mol. The summed E-state index contributed by atoms with van der Waals surface area (Å²) >= 11 is 0. The summed E-state index contributed by atoms with van der Waals surface area (Å²) < 4.78 is 0. The zero-order valence-corrected chi connectivity index (χ0v) is 5.20. The van der Waals surface area contributed by atoms with Crippen LogP contribution in [0.15, 0.2) is 0 Å². The van der Waals surface area contributed by atoms with E-state index in [-0.39, 0.29) is 14.9 Å². The Balaban J connectivity index is -0.0000000800. The number of nitrogens with two attached hydrogens (primary N) is 1. The van der Waals surface area contributed by atoms with Crippen LogP contribution in [0.5, 0.6) is 0 Å². The monoisotopic (exact) mass is 108 g/mol. The van der Waals surface area contributed by atoms with E-state index < -0.39 is 0 Å². The van der Waals surface area contributed by atoms with Crippen molar-refractivity contribution in [3.8, 4) is 0 Å². The zero-order chi connectivity index (χ0) is 4.12. The van der Waals surface area contributed by atoms with Gasteiger partial charge in [0.05, 0.1) is 0 Å². The first-order valence-electron chi connectivity index (χ1n) is 2.12. The first-order chi connectivity index (χ1) is 2.41. The SMILES string of the molecule is CCCCN.S.[H]. The quantitative estimate of drug-likeness (QED) is 0.560. The van der Waals surface area contributed by atoms with E-state index in [4.69, 9.17) is 5.73 Å². The fourth-order valence-electron chi connectivity index (χ4n) is 0.204. The summed E-state index contributed by atoms with van der Waals surface area (Å²) in [6.45, 7) is 2.98. The van der Waals surface area contributed by atoms with E-state index in [0.29, 0.717) is 0 Å². The van der Waals surface area contributed by atoms with E-state index in [1.807, 2.05) is 0 Å². The molecule has 2 heteroatoms. The summed E-state index contributed by atoms with van der Waals surface area (Å²) in [5.41, 5.74) is 5.14. The molecule has 0 aromatic heterocycles. The van der Waals surface area contributed by atoms with Gasteiger partial charge in [0.25, 0.3) is 0 Å². The number of rotatable bonds is 2. The van der Waals surface area contributed by atoms with Gasteiger partial charge in [-0.25, -0.2) is 0 Å². The molecule has 1 nitrogen and oxygen atoms in total. The fraction of sp³-hybridized carbons (Fsp3) is 1.00. The summed E-state index contributed by atoms with van der Waals surface area (Å²) in [5, 5.41) is 0. The topological polar surface area (TPSA) is 26.0 Å². The normalized spacial score (nSPS) is 7.00. The largest absolute Gasteiger partial charge is 0.330 e. The first-order valence-corrected chi connectivity index (χ1v) is 2.12. The van der Waals surface area contributed by atoms with Crippen molar-refractivity contribution in [3.05, 3.63) is 0 Å². The molecule has 0 fully saturated rings. The van der Waals surface area contributed by atoms with Crippen molar-refractivity contribution in [2.45, 2.75) is 19.8 Å². The molecule has 0 saturated carbocycles. The maximum absolute atomic E-state index is 5.14. The van der Waals surface area contributed by atoms with Crippen molar-refractivity contribution in [3.63, 3.8) is 0 Å². The standard InChI is InChI=1S/C4H11N.H2S.H/c1-2-3-4-5;;/h2-5H2,1H3;1H2;. The number of hydrogen-bond acceptors (Lipinski definition) is 1. The van der Waals surface area contributed by atoms with Crippen LogP contribution in [0.1, 0.15) is 21.2 Å². The minimum absolute atomic E-state index is 0. The summed E-state index contributed by atoms with van der Waals surface area (Å²) in [6, 6.07) is 0. The van der Waals surface area contributed by atoms with Gasteiger partial charge in [-0.2, -0.15) is 13.5 Å². The Kier molecular flexibility index (Phi) is 14.4. The average Bonchev–Trinajstić information content (AvgIpc) is 1.41. The number of unbranched alkanes of at least 4 members (excludes halogenated alkanes) is 1. The van der Waals surface area contributed by atoms with Crippen molar-refractivity contribution < 1.29 is 1.43 Å². The van der Waals surface area contributed by atoms with Crippen molar-refractivity contribution in [2.24, 2.45) is 5.73 Å². The van der Waals surface area contributed by atoms with Gasteiger partial charge >= 0.3 is 0 Å². The maximum atomic E-state index is 5.14. The molecule has 0 aliphatic rings. The lowest BCUT2D eigenvalue weighted by molar-refractivity contribution is 0.807. The molecule has 0 saturated heterocycles. The second-order valence-corrected chi connectivity index (χ2v) is 1.14. The Labute approximate surface area is 47.9 Å². The van der Waals surface area contributed by atoms with Crippen LogP contribution in [0.2, 0.25) is 0 Å². The highest BCUT2D eigenvalue weighted by atomic mass is 32.1. The molecule has 0 rings (SSSR count). The third-order valence-corrected chi connectivity index (χ3v) is 0.558. The molecule has 0 aliphatic heterocycles. The lowest BCUT2D eigenvalue weighted by Crippen LogP contribution is -1.95. The molecular formula is C4H14NS. The predicted octanol–water partition coefficient (Wildman–Crippen LogP) is 0.970. The van der Waals surface area contributed by atoms with Crippen LogP contribution in [0.4, 0.5) is 0 Å². The second kappa shape index (κ2) is 9.00. The molecule has 0 amide bonds. The Morgan fingerprint density at radius 2 is 2.17 bits per heavy atom. The van der Waals surface area contributed by atoms with Crippen LogP contribution in [0.3, 0.4) is 0 Å². The number of hydrogen-bond donors (Lipinski definition) is 1. The zero-order valence-electron chi connectivity index (χ0n) is 5.20. The van der Waals surface area contributed by atoms with Gasteiger partial charge in [0.15, 0.2) is 0 Å². The van der Waals surface area contributed by atoms with Gasteiger partial charge in [-0.1, -0.05) is 13.3 Å². The lowest BCUT2D eigenvalue weighted by atomic mass is 10.3. The molecule has 2 N–H and O–H groups in total. The Hall–Kier alpha value is 0.310. The summed E-state index contributed by atoms with van der Waals surface area (Å²) in [5.74, 6) is 0. The molecule has 0 unspecified atom stereocenters. The van der Waals surface area contributed by atoms with Crippen molar-refractivity contribution in [2.75, 3.05) is 6.54 Å². The van der Waals surface area contributed by atoms with E-state index >= 15 is 0 Å². The fourth-order valence-corrected chi connectivity index (χ4v) is 0.204. The Bertz CT molecular complexity index is 19.2. The van der Waals surface area contributed by atoms with Crippen molar-refractivity contribution >= 4 is 13.5 Å². The van der Waals surface area contributed by atoms with Crippen LogP contribution in [0, 0.1) is 0 Å². The molecule has 1 radical (unpaired) electrons. The van der Waals surface area contributed by atoms with E-state index in [0.717, 1.165) is 6.54 Å². The van der Waals surface area contributed by atoms with Gasteiger partial charge < -0.3 is 5.73 Å². The minimum atomic E-state index is 0. The highest BCUT2D eigenvalue weighted by molar-refractivity contribution is 7.59. The molecule has 0 heterocycles. The van der Waals surface area contributed by atoms with Gasteiger partial charge in [-0.15, -0.1) is 0 Å². The Morgan fingerprint density at radius 1 is 1.67 bits per heavy atom. The van der Waals surface area contributed by atoms with Crippen LogP contribution in [-0.4, -0.2) is 6.54 Å². The smallest absolute Gasteiger partial charge is 0 e. The molecular weight excluding hydrogens is 94.1 g/mol. The second-order valence-electron chi connectivity index (χ2n) is 1.14. The molecule has 0 bridgehead atoms. The molecule has 0 aromatic carbocycles. The van der Waals surface area contributed by atoms with Crippen molar-refractivity contribution in [1.82, 2.24) is 0 Å². The van der Waals surface area contributed by atoms with Gasteiger partial charge in [-0.3, -0.25) is 0 Å². The third kappa shape index (κ3) is 8.85. The molecule has 0 atom stereocenters. The summed E-state index contributed by atoms with van der Waals surface area (Å²) in [6.07, 6.45) is 2.39. The van der Waals surface area contributed by atoms with Gasteiger partial charge in [0.1, 0.15) is 0 Å². The van der Waals surface area contributed by atoms with E-state index in [1.165, 1.54) is 12.8 Å². The van der Waals surface area contributed by atoms with Crippen LogP contribution >= 0.6 is 13.5 Å². The molecule has 0 spiro atoms. The summed E-state index contributed by atoms with van der Waals surface area (Å²) in [4.78, 5) is 0. The van der Waals surface area contributed by atoms with Gasteiger partial charge in [-0.05, 0) is 13.0 Å². The van der Waals surface area contributed by atoms with E-state index in [1.54, 1.807) is 0 Å². The predicted molar refractivity (Wildman–Crippen MR) is 35.5 cm³/mol. The molecule has 0 aliphatic carbocycles. The molecule has 41 valence electrons. The Morgan fingerprint density at radius 3 is 2.17 bits per heavy atom. The highest BCUT2D eigenvalue weighted by Gasteiger charge is 1.67. The van der Waals surface area contributed by atoms with Crippen molar-refractivity contribution in [1.29, 1.82) is 0 Å². The van der Waals surface area contributed by atoms with Gasteiger partial charge in [0, 0.05) is 1.43 Å². The highest BCUT2D eigenvalue weighted by Crippen LogP contribution is 1.77. The van der Waals surface area contributed by atoms with Crippen LogP contribution in [0.25, 0.3) is 0 Å². The van der Waals surface area contributed by atoms with Gasteiger partial charge in [0.2, 0.25) is 0 Å². The first kappa shape index (κ1) is 9.58. The summed E-state index contributed by atoms with van der Waals surface area (Å²) in [7, 11) is 0. The van der Waals surface area contributed by atoms with E-state index in [2.05, 4.69) is 6.92 Å². The third-order valence-electron chi connectivity index (χ3n) is 0.558. The maximum Gasteiger partial charge on any atom is 0 e. The van der Waals surface area contributed by atoms with E-state index in [9.17, 15) is 0 Å².